The molecule has 0 radical (unpaired) electrons. The number of para-hydroxylation sites is 1. The van der Waals surface area contributed by atoms with Gasteiger partial charge in [-0.25, -0.2) is 0 Å². The zero-order chi connectivity index (χ0) is 12.4. The van der Waals surface area contributed by atoms with Gasteiger partial charge in [-0.3, -0.25) is 4.98 Å². The van der Waals surface area contributed by atoms with Crippen LogP contribution in [0.1, 0.15) is 5.69 Å². The van der Waals surface area contributed by atoms with Gasteiger partial charge in [-0.2, -0.15) is 0 Å². The molecule has 0 atom stereocenters. The highest BCUT2D eigenvalue weighted by Crippen LogP contribution is 2.33. The van der Waals surface area contributed by atoms with Crippen molar-refractivity contribution >= 4 is 22.7 Å². The fraction of sp³-hybridized carbons (Fsp3) is 0.0625. The number of hydrogen-bond donors (Lipinski definition) is 0. The number of aromatic nitrogens is 1. The van der Waals surface area contributed by atoms with Crippen molar-refractivity contribution in [3.8, 4) is 0 Å². The molecule has 0 unspecified atom stereocenters. The zero-order valence-electron chi connectivity index (χ0n) is 10.1. The molecule has 0 aliphatic rings. The normalized spacial score (nSPS) is 10.7. The van der Waals surface area contributed by atoms with Gasteiger partial charge < -0.3 is 0 Å². The minimum absolute atomic E-state index is 1.06. The van der Waals surface area contributed by atoms with Crippen LogP contribution < -0.4 is 0 Å². The third kappa shape index (κ3) is 2.24. The van der Waals surface area contributed by atoms with E-state index in [1.807, 2.05) is 19.1 Å². The summed E-state index contributed by atoms with van der Waals surface area (Å²) in [7, 11) is 0. The van der Waals surface area contributed by atoms with Crippen LogP contribution in [-0.2, 0) is 0 Å². The van der Waals surface area contributed by atoms with E-state index in [0.717, 1.165) is 11.2 Å². The molecule has 3 aromatic rings. The highest BCUT2D eigenvalue weighted by Gasteiger charge is 2.04. The van der Waals surface area contributed by atoms with Crippen molar-refractivity contribution < 1.29 is 0 Å². The molecule has 18 heavy (non-hydrogen) atoms. The van der Waals surface area contributed by atoms with Gasteiger partial charge in [-0.1, -0.05) is 48.2 Å². The van der Waals surface area contributed by atoms with Gasteiger partial charge in [0.2, 0.25) is 0 Å². The van der Waals surface area contributed by atoms with Gasteiger partial charge in [0.05, 0.1) is 5.52 Å². The first-order valence-corrected chi connectivity index (χ1v) is 6.74. The number of benzene rings is 2. The smallest absolute Gasteiger partial charge is 0.0716 e. The molecule has 0 N–H and O–H groups in total. The summed E-state index contributed by atoms with van der Waals surface area (Å²) in [6, 6.07) is 20.9. The molecule has 0 spiro atoms. The third-order valence-corrected chi connectivity index (χ3v) is 3.84. The molecule has 0 saturated carbocycles. The highest BCUT2D eigenvalue weighted by molar-refractivity contribution is 7.99. The summed E-state index contributed by atoms with van der Waals surface area (Å²) in [5.74, 6) is 0. The van der Waals surface area contributed by atoms with Crippen LogP contribution >= 0.6 is 11.8 Å². The molecule has 0 amide bonds. The molecule has 0 bridgehead atoms. The Kier molecular flexibility index (Phi) is 3.03. The monoisotopic (exact) mass is 251 g/mol. The first-order chi connectivity index (χ1) is 8.83. The van der Waals surface area contributed by atoms with E-state index in [2.05, 4.69) is 53.5 Å². The van der Waals surface area contributed by atoms with Crippen LogP contribution in [0, 0.1) is 6.92 Å². The summed E-state index contributed by atoms with van der Waals surface area (Å²) in [6.45, 7) is 2.04. The van der Waals surface area contributed by atoms with E-state index in [0.29, 0.717) is 0 Å². The fourth-order valence-electron chi connectivity index (χ4n) is 1.97. The van der Waals surface area contributed by atoms with E-state index in [9.17, 15) is 0 Å². The van der Waals surface area contributed by atoms with Crippen molar-refractivity contribution in [2.75, 3.05) is 0 Å². The Balaban J connectivity index is 2.11. The molecule has 2 aromatic carbocycles. The number of fused-ring (bicyclic) bond motifs is 1. The lowest BCUT2D eigenvalue weighted by molar-refractivity contribution is 1.22. The highest BCUT2D eigenvalue weighted by atomic mass is 32.2. The molecule has 0 fully saturated rings. The largest absolute Gasteiger partial charge is 0.253 e. The average Bonchev–Trinajstić information content (AvgIpc) is 2.40. The molecular weight excluding hydrogens is 238 g/mol. The van der Waals surface area contributed by atoms with Crippen molar-refractivity contribution in [3.05, 3.63) is 66.4 Å². The van der Waals surface area contributed by atoms with Gasteiger partial charge in [0.15, 0.2) is 0 Å². The van der Waals surface area contributed by atoms with Crippen LogP contribution in [0.4, 0.5) is 0 Å². The second-order valence-corrected chi connectivity index (χ2v) is 5.31. The van der Waals surface area contributed by atoms with Gasteiger partial charge in [0, 0.05) is 20.9 Å². The predicted molar refractivity (Wildman–Crippen MR) is 77.0 cm³/mol. The Bertz CT molecular complexity index is 677. The Morgan fingerprint density at radius 1 is 0.889 bits per heavy atom. The van der Waals surface area contributed by atoms with Crippen LogP contribution in [0.5, 0.6) is 0 Å². The standard InChI is InChI=1S/C16H13NS/c1-12-11-16(18-13-7-3-2-4-8-13)14-9-5-6-10-15(14)17-12/h2-11H,1H3. The number of hydrogen-bond acceptors (Lipinski definition) is 2. The van der Waals surface area contributed by atoms with E-state index >= 15 is 0 Å². The van der Waals surface area contributed by atoms with Crippen LogP contribution in [0.3, 0.4) is 0 Å². The SMILES string of the molecule is Cc1cc(Sc2ccccc2)c2ccccc2n1. The van der Waals surface area contributed by atoms with E-state index in [1.54, 1.807) is 11.8 Å². The number of aryl methyl sites for hydroxylation is 1. The lowest BCUT2D eigenvalue weighted by atomic mass is 10.2. The number of nitrogens with zero attached hydrogens (tertiary/aromatic N) is 1. The number of rotatable bonds is 2. The molecular formula is C16H13NS. The molecule has 88 valence electrons. The van der Waals surface area contributed by atoms with E-state index in [-0.39, 0.29) is 0 Å². The van der Waals surface area contributed by atoms with Crippen LogP contribution in [0.2, 0.25) is 0 Å². The molecule has 0 saturated heterocycles. The Morgan fingerprint density at radius 2 is 1.61 bits per heavy atom. The molecule has 3 rings (SSSR count). The first-order valence-electron chi connectivity index (χ1n) is 5.92. The maximum Gasteiger partial charge on any atom is 0.0716 e. The first kappa shape index (κ1) is 11.3. The molecule has 2 heteroatoms. The molecule has 1 aromatic heterocycles. The summed E-state index contributed by atoms with van der Waals surface area (Å²) in [5, 5.41) is 1.22. The van der Waals surface area contributed by atoms with E-state index < -0.39 is 0 Å². The summed E-state index contributed by atoms with van der Waals surface area (Å²) < 4.78 is 0. The topological polar surface area (TPSA) is 12.9 Å². The fourth-order valence-corrected chi connectivity index (χ4v) is 3.03. The van der Waals surface area contributed by atoms with Crippen LogP contribution in [-0.4, -0.2) is 4.98 Å². The van der Waals surface area contributed by atoms with Gasteiger partial charge in [0.1, 0.15) is 0 Å². The average molecular weight is 251 g/mol. The Labute approximate surface area is 111 Å². The minimum Gasteiger partial charge on any atom is -0.253 e. The van der Waals surface area contributed by atoms with Crippen molar-refractivity contribution in [2.24, 2.45) is 0 Å². The zero-order valence-corrected chi connectivity index (χ0v) is 10.9. The van der Waals surface area contributed by atoms with Gasteiger partial charge in [0.25, 0.3) is 0 Å². The summed E-state index contributed by atoms with van der Waals surface area (Å²) in [4.78, 5) is 7.09. The summed E-state index contributed by atoms with van der Waals surface area (Å²) in [5.41, 5.74) is 2.13. The predicted octanol–water partition coefficient (Wildman–Crippen LogP) is 4.69. The molecule has 1 nitrogen and oxygen atoms in total. The van der Waals surface area contributed by atoms with E-state index in [4.69, 9.17) is 0 Å². The Hall–Kier alpha value is -1.80. The third-order valence-electron chi connectivity index (χ3n) is 2.78. The van der Waals surface area contributed by atoms with Crippen molar-refractivity contribution in [1.29, 1.82) is 0 Å². The molecule has 0 aliphatic heterocycles. The van der Waals surface area contributed by atoms with Gasteiger partial charge >= 0.3 is 0 Å². The van der Waals surface area contributed by atoms with Crippen LogP contribution in [0.25, 0.3) is 10.9 Å². The van der Waals surface area contributed by atoms with Crippen LogP contribution in [0.15, 0.2) is 70.5 Å². The number of pyridine rings is 1. The quantitative estimate of drug-likeness (QED) is 0.655. The second-order valence-electron chi connectivity index (χ2n) is 4.19. The van der Waals surface area contributed by atoms with E-state index in [1.165, 1.54) is 15.2 Å². The summed E-state index contributed by atoms with van der Waals surface area (Å²) in [6.07, 6.45) is 0. The maximum atomic E-state index is 4.56. The second kappa shape index (κ2) is 4.83. The van der Waals surface area contributed by atoms with Gasteiger partial charge in [-0.05, 0) is 31.2 Å². The van der Waals surface area contributed by atoms with Crippen molar-refractivity contribution in [2.45, 2.75) is 16.7 Å². The van der Waals surface area contributed by atoms with Crippen molar-refractivity contribution in [1.82, 2.24) is 4.98 Å². The van der Waals surface area contributed by atoms with Crippen molar-refractivity contribution in [3.63, 3.8) is 0 Å². The lowest BCUT2D eigenvalue weighted by Gasteiger charge is -2.07. The molecule has 0 aliphatic carbocycles. The molecule has 1 heterocycles. The Morgan fingerprint density at radius 3 is 2.44 bits per heavy atom. The maximum absolute atomic E-state index is 4.56. The van der Waals surface area contributed by atoms with Gasteiger partial charge in [-0.15, -0.1) is 0 Å². The summed E-state index contributed by atoms with van der Waals surface area (Å²) >= 11 is 1.79. The minimum atomic E-state index is 1.06. The lowest BCUT2D eigenvalue weighted by Crippen LogP contribution is -1.86.